The van der Waals surface area contributed by atoms with Crippen molar-refractivity contribution < 1.29 is 17.9 Å². The summed E-state index contributed by atoms with van der Waals surface area (Å²) in [5.41, 5.74) is 3.15. The number of anilines is 1. The van der Waals surface area contributed by atoms with Crippen molar-refractivity contribution in [1.29, 1.82) is 0 Å². The first kappa shape index (κ1) is 23.9. The maximum Gasteiger partial charge on any atom is 0.243 e. The highest BCUT2D eigenvalue weighted by Crippen LogP contribution is 2.28. The molecule has 10 nitrogen and oxygen atoms in total. The third-order valence-corrected chi connectivity index (χ3v) is 8.70. The Balaban J connectivity index is 1.33. The smallest absolute Gasteiger partial charge is 0.243 e. The van der Waals surface area contributed by atoms with Crippen LogP contribution in [0.25, 0.3) is 22.1 Å². The third-order valence-electron chi connectivity index (χ3n) is 5.56. The number of aromatic amines is 1. The Morgan fingerprint density at radius 1 is 1.20 bits per heavy atom. The molecule has 4 aromatic rings. The normalized spacial score (nSPS) is 15.0. The van der Waals surface area contributed by atoms with Gasteiger partial charge in [0, 0.05) is 34.7 Å². The third kappa shape index (κ3) is 4.98. The summed E-state index contributed by atoms with van der Waals surface area (Å²) in [7, 11) is -3.64. The van der Waals surface area contributed by atoms with Gasteiger partial charge in [-0.25, -0.2) is 13.4 Å². The van der Waals surface area contributed by atoms with Crippen molar-refractivity contribution in [2.24, 2.45) is 0 Å². The van der Waals surface area contributed by atoms with E-state index in [1.54, 1.807) is 30.3 Å². The molecule has 0 spiro atoms. The number of rotatable bonds is 6. The van der Waals surface area contributed by atoms with Crippen molar-refractivity contribution in [3.63, 3.8) is 0 Å². The van der Waals surface area contributed by atoms with Gasteiger partial charge in [-0.1, -0.05) is 29.4 Å². The van der Waals surface area contributed by atoms with Gasteiger partial charge in [0.25, 0.3) is 0 Å². The van der Waals surface area contributed by atoms with Crippen molar-refractivity contribution in [2.75, 3.05) is 37.4 Å². The van der Waals surface area contributed by atoms with Gasteiger partial charge in [0.15, 0.2) is 5.65 Å². The molecule has 1 amide bonds. The number of aromatic nitrogens is 4. The maximum atomic E-state index is 13.0. The SMILES string of the molecule is Cc1ccc(NC(=O)CSc2nnc3c(n2)[nH]c2ccc(S(=O)(=O)N4CCOCC4)cc23)cc1Cl. The van der Waals surface area contributed by atoms with Gasteiger partial charge in [-0.3, -0.25) is 4.79 Å². The summed E-state index contributed by atoms with van der Waals surface area (Å²) in [5.74, 6) is -0.144. The second-order valence-corrected chi connectivity index (χ2v) is 11.2. The van der Waals surface area contributed by atoms with Crippen LogP contribution in [0, 0.1) is 6.92 Å². The summed E-state index contributed by atoms with van der Waals surface area (Å²) in [5, 5.41) is 12.7. The van der Waals surface area contributed by atoms with E-state index in [4.69, 9.17) is 16.3 Å². The van der Waals surface area contributed by atoms with Crippen molar-refractivity contribution in [3.8, 4) is 0 Å². The van der Waals surface area contributed by atoms with Crippen LogP contribution in [0.15, 0.2) is 46.5 Å². The molecule has 1 aliphatic rings. The van der Waals surface area contributed by atoms with Crippen molar-refractivity contribution in [3.05, 3.63) is 47.0 Å². The Kier molecular flexibility index (Phi) is 6.64. The van der Waals surface area contributed by atoms with Gasteiger partial charge in [-0.15, -0.1) is 10.2 Å². The molecule has 0 unspecified atom stereocenters. The van der Waals surface area contributed by atoms with E-state index >= 15 is 0 Å². The first-order valence-corrected chi connectivity index (χ1v) is 13.5. The van der Waals surface area contributed by atoms with E-state index in [9.17, 15) is 13.2 Å². The molecule has 2 aromatic heterocycles. The highest BCUT2D eigenvalue weighted by Gasteiger charge is 2.27. The molecular weight excluding hydrogens is 512 g/mol. The molecule has 5 rings (SSSR count). The minimum absolute atomic E-state index is 0.0842. The summed E-state index contributed by atoms with van der Waals surface area (Å²) < 4.78 is 32.7. The van der Waals surface area contributed by atoms with Gasteiger partial charge in [-0.2, -0.15) is 4.31 Å². The summed E-state index contributed by atoms with van der Waals surface area (Å²) in [6, 6.07) is 10.2. The Morgan fingerprint density at radius 2 is 2.00 bits per heavy atom. The van der Waals surface area contributed by atoms with E-state index in [0.29, 0.717) is 64.2 Å². The zero-order valence-electron chi connectivity index (χ0n) is 18.6. The molecule has 2 N–H and O–H groups in total. The Hall–Kier alpha value is -2.77. The van der Waals surface area contributed by atoms with Gasteiger partial charge in [-0.05, 0) is 42.8 Å². The fraction of sp³-hybridized carbons (Fsp3) is 0.273. The van der Waals surface area contributed by atoms with Crippen LogP contribution in [0.3, 0.4) is 0 Å². The van der Waals surface area contributed by atoms with Crippen LogP contribution >= 0.6 is 23.4 Å². The summed E-state index contributed by atoms with van der Waals surface area (Å²) in [6.07, 6.45) is 0. The van der Waals surface area contributed by atoms with Gasteiger partial charge >= 0.3 is 0 Å². The van der Waals surface area contributed by atoms with E-state index in [1.807, 2.05) is 13.0 Å². The molecule has 0 aliphatic carbocycles. The van der Waals surface area contributed by atoms with Gasteiger partial charge in [0.05, 0.1) is 23.9 Å². The maximum absolute atomic E-state index is 13.0. The molecule has 0 atom stereocenters. The number of hydrogen-bond donors (Lipinski definition) is 2. The second-order valence-electron chi connectivity index (χ2n) is 7.94. The number of amides is 1. The molecule has 3 heterocycles. The lowest BCUT2D eigenvalue weighted by Crippen LogP contribution is -2.40. The lowest BCUT2D eigenvalue weighted by Gasteiger charge is -2.26. The molecule has 0 bridgehead atoms. The van der Waals surface area contributed by atoms with Crippen LogP contribution < -0.4 is 5.32 Å². The van der Waals surface area contributed by atoms with Crippen LogP contribution in [-0.4, -0.2) is 70.9 Å². The van der Waals surface area contributed by atoms with Crippen LogP contribution in [0.1, 0.15) is 5.56 Å². The predicted molar refractivity (Wildman–Crippen MR) is 134 cm³/mol. The van der Waals surface area contributed by atoms with Gasteiger partial charge in [0.2, 0.25) is 21.1 Å². The number of sulfonamides is 1. The zero-order valence-corrected chi connectivity index (χ0v) is 21.0. The average Bonchev–Trinajstić information content (AvgIpc) is 3.22. The Bertz CT molecular complexity index is 1540. The van der Waals surface area contributed by atoms with Gasteiger partial charge < -0.3 is 15.0 Å². The van der Waals surface area contributed by atoms with Crippen LogP contribution in [0.4, 0.5) is 5.69 Å². The minimum Gasteiger partial charge on any atom is -0.379 e. The fourth-order valence-electron chi connectivity index (χ4n) is 3.69. The number of fused-ring (bicyclic) bond motifs is 3. The van der Waals surface area contributed by atoms with Crippen LogP contribution in [0.5, 0.6) is 0 Å². The summed E-state index contributed by atoms with van der Waals surface area (Å²) in [4.78, 5) is 20.1. The highest BCUT2D eigenvalue weighted by molar-refractivity contribution is 7.99. The number of thioether (sulfide) groups is 1. The number of morpholine rings is 1. The molecule has 1 aliphatic heterocycles. The number of benzene rings is 2. The van der Waals surface area contributed by atoms with Crippen LogP contribution in [0.2, 0.25) is 5.02 Å². The van der Waals surface area contributed by atoms with E-state index in [-0.39, 0.29) is 16.6 Å². The van der Waals surface area contributed by atoms with E-state index in [0.717, 1.165) is 17.3 Å². The monoisotopic (exact) mass is 532 g/mol. The van der Waals surface area contributed by atoms with E-state index in [1.165, 1.54) is 4.31 Å². The Labute approximate surface area is 210 Å². The second kappa shape index (κ2) is 9.70. The standard InChI is InChI=1S/C22H21ClN6O4S2/c1-13-2-3-14(10-17(13)23)24-19(30)12-34-22-26-21-20(27-28-22)16-11-15(4-5-18(16)25-21)35(31,32)29-6-8-33-9-7-29/h2-5,10-11H,6-9,12H2,1H3,(H,24,30)(H,25,26,28). The van der Waals surface area contributed by atoms with Crippen molar-refractivity contribution in [2.45, 2.75) is 17.0 Å². The Morgan fingerprint density at radius 3 is 2.77 bits per heavy atom. The zero-order chi connectivity index (χ0) is 24.6. The van der Waals surface area contributed by atoms with Crippen molar-refractivity contribution >= 4 is 67.0 Å². The number of halogens is 1. The van der Waals surface area contributed by atoms with Crippen molar-refractivity contribution in [1.82, 2.24) is 24.5 Å². The highest BCUT2D eigenvalue weighted by atomic mass is 35.5. The number of hydrogen-bond acceptors (Lipinski definition) is 8. The molecular formula is C22H21ClN6O4S2. The fourth-order valence-corrected chi connectivity index (χ4v) is 5.89. The lowest BCUT2D eigenvalue weighted by atomic mass is 10.2. The molecule has 2 aromatic carbocycles. The largest absolute Gasteiger partial charge is 0.379 e. The first-order valence-electron chi connectivity index (χ1n) is 10.7. The quantitative estimate of drug-likeness (QED) is 0.362. The molecule has 1 fully saturated rings. The number of nitrogens with zero attached hydrogens (tertiary/aromatic N) is 4. The molecule has 13 heteroatoms. The molecule has 35 heavy (non-hydrogen) atoms. The van der Waals surface area contributed by atoms with Crippen LogP contribution in [-0.2, 0) is 19.6 Å². The first-order chi connectivity index (χ1) is 16.8. The predicted octanol–water partition coefficient (Wildman–Crippen LogP) is 3.22. The summed E-state index contributed by atoms with van der Waals surface area (Å²) in [6.45, 7) is 3.28. The molecule has 0 radical (unpaired) electrons. The number of carbonyl (C=O) groups is 1. The topological polar surface area (TPSA) is 130 Å². The molecule has 182 valence electrons. The number of H-pyrrole nitrogens is 1. The number of ether oxygens (including phenoxy) is 1. The molecule has 1 saturated heterocycles. The average molecular weight is 533 g/mol. The number of aryl methyl sites for hydroxylation is 1. The number of carbonyl (C=O) groups excluding carboxylic acids is 1. The minimum atomic E-state index is -3.64. The summed E-state index contributed by atoms with van der Waals surface area (Å²) >= 11 is 7.25. The van der Waals surface area contributed by atoms with Gasteiger partial charge in [0.1, 0.15) is 5.52 Å². The van der Waals surface area contributed by atoms with E-state index < -0.39 is 10.0 Å². The van der Waals surface area contributed by atoms with E-state index in [2.05, 4.69) is 25.5 Å². The lowest BCUT2D eigenvalue weighted by molar-refractivity contribution is -0.113. The molecule has 0 saturated carbocycles. The number of nitrogens with one attached hydrogen (secondary N) is 2.